The number of hydrogen-bond acceptors (Lipinski definition) is 7. The quantitative estimate of drug-likeness (QED) is 0.420. The zero-order valence-electron chi connectivity index (χ0n) is 16.9. The first-order valence-corrected chi connectivity index (χ1v) is 10.4. The van der Waals surface area contributed by atoms with E-state index in [1.807, 2.05) is 24.3 Å². The lowest BCUT2D eigenvalue weighted by atomic mass is 9.96. The van der Waals surface area contributed by atoms with E-state index in [1.165, 1.54) is 11.8 Å². The number of furan rings is 1. The molecule has 0 unspecified atom stereocenters. The summed E-state index contributed by atoms with van der Waals surface area (Å²) in [6.45, 7) is 8.79. The van der Waals surface area contributed by atoms with Crippen LogP contribution in [0.5, 0.6) is 0 Å². The van der Waals surface area contributed by atoms with Gasteiger partial charge in [0.1, 0.15) is 5.76 Å². The van der Waals surface area contributed by atoms with Crippen LogP contribution in [0.1, 0.15) is 43.8 Å². The molecular weight excluding hydrogens is 386 g/mol. The molecule has 0 aliphatic heterocycles. The number of aryl methyl sites for hydroxylation is 1. The standard InChI is InChI=1S/C21H23N5O2S/c1-14-8-5-6-10-16(14)18-23-24-20(26(18)12-15-9-7-11-27-15)29-13-17-22-19(25-28-17)21(2,3)4/h5-11H,12-13H2,1-4H3. The molecule has 4 aromatic rings. The average molecular weight is 410 g/mol. The lowest BCUT2D eigenvalue weighted by Crippen LogP contribution is -2.13. The molecule has 29 heavy (non-hydrogen) atoms. The molecule has 3 aromatic heterocycles. The van der Waals surface area contributed by atoms with Crippen molar-refractivity contribution < 1.29 is 8.94 Å². The van der Waals surface area contributed by atoms with E-state index in [0.29, 0.717) is 24.0 Å². The minimum Gasteiger partial charge on any atom is -0.467 e. The Kier molecular flexibility index (Phi) is 5.27. The maximum atomic E-state index is 5.56. The van der Waals surface area contributed by atoms with Gasteiger partial charge in [-0.05, 0) is 24.6 Å². The Morgan fingerprint density at radius 1 is 1.07 bits per heavy atom. The molecule has 0 saturated heterocycles. The van der Waals surface area contributed by atoms with E-state index in [2.05, 4.69) is 64.7 Å². The van der Waals surface area contributed by atoms with Crippen LogP contribution in [-0.2, 0) is 17.7 Å². The summed E-state index contributed by atoms with van der Waals surface area (Å²) in [5.41, 5.74) is 2.04. The van der Waals surface area contributed by atoms with Crippen LogP contribution in [0.25, 0.3) is 11.4 Å². The largest absolute Gasteiger partial charge is 0.467 e. The zero-order valence-corrected chi connectivity index (χ0v) is 17.7. The lowest BCUT2D eigenvalue weighted by molar-refractivity contribution is 0.372. The van der Waals surface area contributed by atoms with Crippen molar-refractivity contribution in [3.63, 3.8) is 0 Å². The second-order valence-electron chi connectivity index (χ2n) is 7.84. The average Bonchev–Trinajstić information content (AvgIpc) is 3.42. The first kappa shape index (κ1) is 19.4. The molecule has 150 valence electrons. The van der Waals surface area contributed by atoms with Crippen LogP contribution in [0, 0.1) is 6.92 Å². The van der Waals surface area contributed by atoms with Crippen LogP contribution in [0.2, 0.25) is 0 Å². The van der Waals surface area contributed by atoms with Crippen molar-refractivity contribution in [2.45, 2.75) is 50.6 Å². The highest BCUT2D eigenvalue weighted by Crippen LogP contribution is 2.29. The third kappa shape index (κ3) is 4.27. The van der Waals surface area contributed by atoms with Crippen LogP contribution in [0.15, 0.2) is 56.8 Å². The SMILES string of the molecule is Cc1ccccc1-c1nnc(SCc2nc(C(C)(C)C)no2)n1Cc1ccco1. The van der Waals surface area contributed by atoms with Crippen molar-refractivity contribution in [3.8, 4) is 11.4 Å². The summed E-state index contributed by atoms with van der Waals surface area (Å²) in [5, 5.41) is 13.8. The highest BCUT2D eigenvalue weighted by molar-refractivity contribution is 7.98. The van der Waals surface area contributed by atoms with E-state index in [9.17, 15) is 0 Å². The highest BCUT2D eigenvalue weighted by atomic mass is 32.2. The fraction of sp³-hybridized carbons (Fsp3) is 0.333. The molecule has 0 N–H and O–H groups in total. The van der Waals surface area contributed by atoms with Gasteiger partial charge in [-0.15, -0.1) is 10.2 Å². The molecule has 0 atom stereocenters. The second kappa shape index (κ2) is 7.87. The normalized spacial score (nSPS) is 11.9. The Hall–Kier alpha value is -2.87. The van der Waals surface area contributed by atoms with Crippen molar-refractivity contribution in [1.82, 2.24) is 24.9 Å². The molecule has 0 aliphatic carbocycles. The summed E-state index contributed by atoms with van der Waals surface area (Å²) < 4.78 is 13.0. The predicted molar refractivity (Wildman–Crippen MR) is 111 cm³/mol. The first-order valence-electron chi connectivity index (χ1n) is 9.39. The molecule has 3 heterocycles. The van der Waals surface area contributed by atoms with E-state index in [1.54, 1.807) is 6.26 Å². The maximum Gasteiger partial charge on any atom is 0.237 e. The van der Waals surface area contributed by atoms with E-state index in [4.69, 9.17) is 8.94 Å². The molecule has 0 radical (unpaired) electrons. The van der Waals surface area contributed by atoms with Crippen LogP contribution in [-0.4, -0.2) is 24.9 Å². The van der Waals surface area contributed by atoms with Crippen molar-refractivity contribution in [1.29, 1.82) is 0 Å². The highest BCUT2D eigenvalue weighted by Gasteiger charge is 2.22. The van der Waals surface area contributed by atoms with Crippen molar-refractivity contribution >= 4 is 11.8 Å². The molecule has 1 aromatic carbocycles. The summed E-state index contributed by atoms with van der Waals surface area (Å²) in [4.78, 5) is 4.51. The predicted octanol–water partition coefficient (Wildman–Crippen LogP) is 4.87. The molecule has 8 heteroatoms. The Balaban J connectivity index is 1.63. The number of rotatable bonds is 6. The minimum atomic E-state index is -0.149. The first-order chi connectivity index (χ1) is 13.9. The van der Waals surface area contributed by atoms with E-state index >= 15 is 0 Å². The van der Waals surface area contributed by atoms with Gasteiger partial charge in [-0.3, -0.25) is 4.57 Å². The summed E-state index contributed by atoms with van der Waals surface area (Å²) >= 11 is 1.52. The van der Waals surface area contributed by atoms with E-state index in [0.717, 1.165) is 27.9 Å². The van der Waals surface area contributed by atoms with Gasteiger partial charge in [0.15, 0.2) is 16.8 Å². The van der Waals surface area contributed by atoms with Crippen LogP contribution >= 0.6 is 11.8 Å². The van der Waals surface area contributed by atoms with E-state index in [-0.39, 0.29) is 5.41 Å². The Bertz CT molecular complexity index is 1090. The van der Waals surface area contributed by atoms with Gasteiger partial charge in [0.2, 0.25) is 5.89 Å². The van der Waals surface area contributed by atoms with E-state index < -0.39 is 0 Å². The van der Waals surface area contributed by atoms with Crippen molar-refractivity contribution in [3.05, 3.63) is 65.7 Å². The molecule has 0 bridgehead atoms. The molecular formula is C21H23N5O2S. The molecule has 0 saturated carbocycles. The summed E-state index contributed by atoms with van der Waals surface area (Å²) in [5.74, 6) is 3.44. The van der Waals surface area contributed by atoms with Crippen molar-refractivity contribution in [2.75, 3.05) is 0 Å². The van der Waals surface area contributed by atoms with Crippen LogP contribution < -0.4 is 0 Å². The van der Waals surface area contributed by atoms with Gasteiger partial charge < -0.3 is 8.94 Å². The molecule has 0 amide bonds. The van der Waals surface area contributed by atoms with Gasteiger partial charge in [0.25, 0.3) is 0 Å². The molecule has 7 nitrogen and oxygen atoms in total. The molecule has 0 fully saturated rings. The van der Waals surface area contributed by atoms with Gasteiger partial charge in [-0.25, -0.2) is 0 Å². The number of aromatic nitrogens is 5. The molecule has 0 aliphatic rings. The van der Waals surface area contributed by atoms with Gasteiger partial charge in [0, 0.05) is 11.0 Å². The van der Waals surface area contributed by atoms with Crippen molar-refractivity contribution in [2.24, 2.45) is 0 Å². The number of nitrogens with zero attached hydrogens (tertiary/aromatic N) is 5. The third-order valence-electron chi connectivity index (χ3n) is 4.46. The summed E-state index contributed by atoms with van der Waals surface area (Å²) in [6.07, 6.45) is 1.67. The Morgan fingerprint density at radius 3 is 2.59 bits per heavy atom. The van der Waals surface area contributed by atoms with Crippen LogP contribution in [0.4, 0.5) is 0 Å². The van der Waals surface area contributed by atoms with Gasteiger partial charge in [0.05, 0.1) is 18.6 Å². The van der Waals surface area contributed by atoms with Crippen LogP contribution in [0.3, 0.4) is 0 Å². The molecule has 0 spiro atoms. The fourth-order valence-electron chi connectivity index (χ4n) is 2.86. The van der Waals surface area contributed by atoms with Gasteiger partial charge in [-0.1, -0.05) is 62.0 Å². The number of benzene rings is 1. The Morgan fingerprint density at radius 2 is 1.90 bits per heavy atom. The minimum absolute atomic E-state index is 0.149. The topological polar surface area (TPSA) is 82.8 Å². The monoisotopic (exact) mass is 409 g/mol. The lowest BCUT2D eigenvalue weighted by Gasteiger charge is -2.11. The number of thioether (sulfide) groups is 1. The van der Waals surface area contributed by atoms with Gasteiger partial charge >= 0.3 is 0 Å². The number of hydrogen-bond donors (Lipinski definition) is 0. The van der Waals surface area contributed by atoms with Gasteiger partial charge in [-0.2, -0.15) is 4.98 Å². The molecule has 4 rings (SSSR count). The fourth-order valence-corrected chi connectivity index (χ4v) is 3.64. The zero-order chi connectivity index (χ0) is 20.4. The summed E-state index contributed by atoms with van der Waals surface area (Å²) in [7, 11) is 0. The Labute approximate surface area is 173 Å². The maximum absolute atomic E-state index is 5.56. The smallest absolute Gasteiger partial charge is 0.237 e. The summed E-state index contributed by atoms with van der Waals surface area (Å²) in [6, 6.07) is 12.0. The third-order valence-corrected chi connectivity index (χ3v) is 5.41. The second-order valence-corrected chi connectivity index (χ2v) is 8.78.